The molecule has 0 radical (unpaired) electrons. The molecule has 0 saturated carbocycles. The van der Waals surface area contributed by atoms with Gasteiger partial charge in [0.1, 0.15) is 17.5 Å². The summed E-state index contributed by atoms with van der Waals surface area (Å²) in [5, 5.41) is 0. The summed E-state index contributed by atoms with van der Waals surface area (Å²) in [5.74, 6) is -1.07. The predicted molar refractivity (Wildman–Crippen MR) is 99.9 cm³/mol. The zero-order valence-electron chi connectivity index (χ0n) is 15.2. The Morgan fingerprint density at radius 1 is 1.19 bits per heavy atom. The molecule has 27 heavy (non-hydrogen) atoms. The van der Waals surface area contributed by atoms with Crippen molar-refractivity contribution in [1.82, 2.24) is 14.9 Å². The molecule has 0 aliphatic rings. The van der Waals surface area contributed by atoms with E-state index >= 15 is 0 Å². The van der Waals surface area contributed by atoms with Gasteiger partial charge in [0.25, 0.3) is 0 Å². The van der Waals surface area contributed by atoms with E-state index in [0.717, 1.165) is 17.3 Å². The highest BCUT2D eigenvalue weighted by molar-refractivity contribution is 5.76. The average molecular weight is 369 g/mol. The average Bonchev–Trinajstić information content (AvgIpc) is 3.10. The molecular formula is C21H21F2N3O. The summed E-state index contributed by atoms with van der Waals surface area (Å²) in [6.07, 6.45) is 1.87. The fourth-order valence-electron chi connectivity index (χ4n) is 2.95. The number of hydrogen-bond donors (Lipinski definition) is 1. The van der Waals surface area contributed by atoms with Crippen molar-refractivity contribution in [2.24, 2.45) is 0 Å². The zero-order valence-corrected chi connectivity index (χ0v) is 15.2. The largest absolute Gasteiger partial charge is 0.341 e. The van der Waals surface area contributed by atoms with Crippen LogP contribution in [-0.4, -0.2) is 27.8 Å². The SMILES string of the molecule is CC(CC(=O)N(C)Cc1ncc(-c2ccccc2)[nH]1)c1ccc(F)cc1F. The van der Waals surface area contributed by atoms with E-state index in [1.54, 1.807) is 25.1 Å². The summed E-state index contributed by atoms with van der Waals surface area (Å²) in [6, 6.07) is 13.2. The van der Waals surface area contributed by atoms with Gasteiger partial charge in [0, 0.05) is 19.5 Å². The number of nitrogens with zero attached hydrogens (tertiary/aromatic N) is 2. The van der Waals surface area contributed by atoms with Gasteiger partial charge in [-0.2, -0.15) is 0 Å². The first-order valence-corrected chi connectivity index (χ1v) is 8.72. The molecule has 0 bridgehead atoms. The van der Waals surface area contributed by atoms with Crippen LogP contribution in [0.5, 0.6) is 0 Å². The maximum absolute atomic E-state index is 13.9. The first-order valence-electron chi connectivity index (χ1n) is 8.72. The van der Waals surface area contributed by atoms with Crippen molar-refractivity contribution in [3.63, 3.8) is 0 Å². The van der Waals surface area contributed by atoms with Crippen LogP contribution in [0.4, 0.5) is 8.78 Å². The molecule has 0 aliphatic heterocycles. The molecule has 0 aliphatic carbocycles. The van der Waals surface area contributed by atoms with Gasteiger partial charge in [-0.25, -0.2) is 13.8 Å². The topological polar surface area (TPSA) is 49.0 Å². The Kier molecular flexibility index (Phi) is 5.64. The molecular weight excluding hydrogens is 348 g/mol. The maximum atomic E-state index is 13.9. The number of carbonyl (C=O) groups excluding carboxylic acids is 1. The number of hydrogen-bond acceptors (Lipinski definition) is 2. The Morgan fingerprint density at radius 2 is 1.93 bits per heavy atom. The Balaban J connectivity index is 1.61. The van der Waals surface area contributed by atoms with Gasteiger partial charge >= 0.3 is 0 Å². The summed E-state index contributed by atoms with van der Waals surface area (Å²) in [5.41, 5.74) is 2.24. The van der Waals surface area contributed by atoms with Crippen LogP contribution in [0.1, 0.15) is 30.7 Å². The summed E-state index contributed by atoms with van der Waals surface area (Å²) >= 11 is 0. The molecule has 2 aromatic carbocycles. The van der Waals surface area contributed by atoms with Gasteiger partial charge in [0.2, 0.25) is 5.91 Å². The molecule has 6 heteroatoms. The number of rotatable bonds is 6. The van der Waals surface area contributed by atoms with Crippen molar-refractivity contribution < 1.29 is 13.6 Å². The Bertz CT molecular complexity index is 924. The van der Waals surface area contributed by atoms with Gasteiger partial charge in [-0.05, 0) is 23.1 Å². The third-order valence-corrected chi connectivity index (χ3v) is 4.50. The van der Waals surface area contributed by atoms with Crippen molar-refractivity contribution in [1.29, 1.82) is 0 Å². The molecule has 1 aromatic heterocycles. The van der Waals surface area contributed by atoms with E-state index in [4.69, 9.17) is 0 Å². The molecule has 3 aromatic rings. The van der Waals surface area contributed by atoms with Crippen LogP contribution in [0, 0.1) is 11.6 Å². The maximum Gasteiger partial charge on any atom is 0.223 e. The first-order chi connectivity index (χ1) is 12.9. The minimum atomic E-state index is -0.628. The van der Waals surface area contributed by atoms with E-state index in [2.05, 4.69) is 9.97 Å². The number of aromatic nitrogens is 2. The molecule has 0 fully saturated rings. The fraction of sp³-hybridized carbons (Fsp3) is 0.238. The van der Waals surface area contributed by atoms with Crippen molar-refractivity contribution in [2.45, 2.75) is 25.8 Å². The van der Waals surface area contributed by atoms with Crippen LogP contribution < -0.4 is 0 Å². The highest BCUT2D eigenvalue weighted by Gasteiger charge is 2.19. The molecule has 1 atom stereocenters. The summed E-state index contributed by atoms with van der Waals surface area (Å²) in [7, 11) is 1.68. The number of imidazole rings is 1. The Hall–Kier alpha value is -3.02. The minimum Gasteiger partial charge on any atom is -0.341 e. The lowest BCUT2D eigenvalue weighted by atomic mass is 9.96. The molecule has 1 heterocycles. The van der Waals surface area contributed by atoms with E-state index < -0.39 is 11.6 Å². The van der Waals surface area contributed by atoms with Gasteiger partial charge in [0.05, 0.1) is 18.4 Å². The molecule has 3 rings (SSSR count). The van der Waals surface area contributed by atoms with Crippen molar-refractivity contribution in [3.05, 3.63) is 77.8 Å². The van der Waals surface area contributed by atoms with Crippen molar-refractivity contribution in [2.75, 3.05) is 7.05 Å². The molecule has 140 valence electrons. The summed E-state index contributed by atoms with van der Waals surface area (Å²) < 4.78 is 26.9. The van der Waals surface area contributed by atoms with Crippen LogP contribution >= 0.6 is 0 Å². The number of H-pyrrole nitrogens is 1. The molecule has 0 spiro atoms. The lowest BCUT2D eigenvalue weighted by molar-refractivity contribution is -0.130. The summed E-state index contributed by atoms with van der Waals surface area (Å²) in [6.45, 7) is 2.08. The van der Waals surface area contributed by atoms with Crippen molar-refractivity contribution in [3.8, 4) is 11.3 Å². The van der Waals surface area contributed by atoms with Gasteiger partial charge in [-0.15, -0.1) is 0 Å². The number of aromatic amines is 1. The smallest absolute Gasteiger partial charge is 0.223 e. The third-order valence-electron chi connectivity index (χ3n) is 4.50. The monoisotopic (exact) mass is 369 g/mol. The second-order valence-electron chi connectivity index (χ2n) is 6.63. The van der Waals surface area contributed by atoms with Gasteiger partial charge < -0.3 is 9.88 Å². The van der Waals surface area contributed by atoms with E-state index in [0.29, 0.717) is 17.9 Å². The number of amides is 1. The highest BCUT2D eigenvalue weighted by Crippen LogP contribution is 2.24. The van der Waals surface area contributed by atoms with Gasteiger partial charge in [0.15, 0.2) is 0 Å². The number of halogens is 2. The van der Waals surface area contributed by atoms with Crippen LogP contribution in [0.15, 0.2) is 54.7 Å². The molecule has 4 nitrogen and oxygen atoms in total. The normalized spacial score (nSPS) is 12.0. The molecule has 1 amide bonds. The number of nitrogens with one attached hydrogen (secondary N) is 1. The quantitative estimate of drug-likeness (QED) is 0.695. The summed E-state index contributed by atoms with van der Waals surface area (Å²) in [4.78, 5) is 21.6. The van der Waals surface area contributed by atoms with Gasteiger partial charge in [-0.3, -0.25) is 4.79 Å². The second kappa shape index (κ2) is 8.12. The van der Waals surface area contributed by atoms with E-state index in [9.17, 15) is 13.6 Å². The molecule has 1 unspecified atom stereocenters. The van der Waals surface area contributed by atoms with E-state index in [1.807, 2.05) is 30.3 Å². The van der Waals surface area contributed by atoms with E-state index in [-0.39, 0.29) is 18.2 Å². The van der Waals surface area contributed by atoms with Crippen molar-refractivity contribution >= 4 is 5.91 Å². The lowest BCUT2D eigenvalue weighted by Crippen LogP contribution is -2.27. The third kappa shape index (κ3) is 4.58. The predicted octanol–water partition coefficient (Wildman–Crippen LogP) is 4.51. The molecule has 0 saturated heterocycles. The first kappa shape index (κ1) is 18.8. The highest BCUT2D eigenvalue weighted by atomic mass is 19.1. The van der Waals surface area contributed by atoms with Crippen LogP contribution in [-0.2, 0) is 11.3 Å². The molecule has 1 N–H and O–H groups in total. The van der Waals surface area contributed by atoms with Gasteiger partial charge in [-0.1, -0.05) is 43.3 Å². The number of benzene rings is 2. The Morgan fingerprint density at radius 3 is 2.63 bits per heavy atom. The zero-order chi connectivity index (χ0) is 19.4. The van der Waals surface area contributed by atoms with Crippen LogP contribution in [0.25, 0.3) is 11.3 Å². The second-order valence-corrected chi connectivity index (χ2v) is 6.63. The lowest BCUT2D eigenvalue weighted by Gasteiger charge is -2.19. The standard InChI is InChI=1S/C21H21F2N3O/c1-14(17-9-8-16(22)11-18(17)23)10-21(27)26(2)13-20-24-12-19(25-20)15-6-4-3-5-7-15/h3-9,11-12,14H,10,13H2,1-2H3,(H,24,25). The van der Waals surface area contributed by atoms with Crippen LogP contribution in [0.3, 0.4) is 0 Å². The van der Waals surface area contributed by atoms with E-state index in [1.165, 1.54) is 12.1 Å². The number of carbonyl (C=O) groups is 1. The fourth-order valence-corrected chi connectivity index (χ4v) is 2.95. The minimum absolute atomic E-state index is 0.130. The Labute approximate surface area is 156 Å². The van der Waals surface area contributed by atoms with Crippen LogP contribution in [0.2, 0.25) is 0 Å².